The first-order chi connectivity index (χ1) is 21.4. The Morgan fingerprint density at radius 1 is 0.818 bits per heavy atom. The Morgan fingerprint density at radius 2 is 1.48 bits per heavy atom. The third-order valence-electron chi connectivity index (χ3n) is 6.73. The largest absolute Gasteiger partial charge is 0.497 e. The van der Waals surface area contributed by atoms with Gasteiger partial charge in [0.1, 0.15) is 23.3 Å². The van der Waals surface area contributed by atoms with E-state index in [0.29, 0.717) is 40.5 Å². The second kappa shape index (κ2) is 16.4. The number of methoxy groups -OCH3 is 1. The maximum absolute atomic E-state index is 13.0. The summed E-state index contributed by atoms with van der Waals surface area (Å²) in [6.45, 7) is 2.83. The molecule has 1 heterocycles. The number of esters is 1. The number of tetrazole rings is 1. The molecule has 12 heteroatoms. The summed E-state index contributed by atoms with van der Waals surface area (Å²) < 4.78 is 16.4. The third kappa shape index (κ3) is 9.65. The van der Waals surface area contributed by atoms with Gasteiger partial charge in [-0.15, -0.1) is 5.10 Å². The number of benzene rings is 3. The molecule has 2 amide bonds. The minimum Gasteiger partial charge on any atom is -0.497 e. The van der Waals surface area contributed by atoms with Gasteiger partial charge in [0.15, 0.2) is 0 Å². The number of hydrogen-bond donors (Lipinski definition) is 3. The molecule has 0 bridgehead atoms. The number of ether oxygens (including phenoxy) is 3. The molecule has 3 N–H and O–H groups in total. The normalized spacial score (nSPS) is 11.3. The first-order valence-corrected chi connectivity index (χ1v) is 14.5. The van der Waals surface area contributed by atoms with Crippen molar-refractivity contribution in [3.63, 3.8) is 0 Å². The molecule has 12 nitrogen and oxygen atoms in total. The third-order valence-corrected chi connectivity index (χ3v) is 6.73. The molecule has 0 spiro atoms. The first-order valence-electron chi connectivity index (χ1n) is 14.5. The number of nitrogens with zero attached hydrogens (tertiary/aromatic N) is 3. The van der Waals surface area contributed by atoms with Crippen molar-refractivity contribution < 1.29 is 28.6 Å². The molecule has 230 valence electrons. The fourth-order valence-electron chi connectivity index (χ4n) is 4.28. The van der Waals surface area contributed by atoms with Crippen molar-refractivity contribution in [2.75, 3.05) is 19.0 Å². The van der Waals surface area contributed by atoms with Crippen LogP contribution in [0, 0.1) is 0 Å². The molecule has 44 heavy (non-hydrogen) atoms. The van der Waals surface area contributed by atoms with Crippen molar-refractivity contribution in [2.24, 2.45) is 0 Å². The van der Waals surface area contributed by atoms with Crippen LogP contribution in [0.1, 0.15) is 65.3 Å². The van der Waals surface area contributed by atoms with Gasteiger partial charge >= 0.3 is 5.97 Å². The molecule has 0 radical (unpaired) electrons. The summed E-state index contributed by atoms with van der Waals surface area (Å²) in [5.74, 6) is 0.126. The molecule has 0 saturated heterocycles. The van der Waals surface area contributed by atoms with E-state index in [4.69, 9.17) is 14.2 Å². The van der Waals surface area contributed by atoms with Crippen LogP contribution in [0.3, 0.4) is 0 Å². The molecule has 0 saturated carbocycles. The van der Waals surface area contributed by atoms with Gasteiger partial charge in [-0.25, -0.2) is 4.79 Å². The fourth-order valence-corrected chi connectivity index (χ4v) is 4.28. The van der Waals surface area contributed by atoms with E-state index in [2.05, 4.69) is 38.2 Å². The highest BCUT2D eigenvalue weighted by Gasteiger charge is 2.23. The zero-order chi connectivity index (χ0) is 31.1. The highest BCUT2D eigenvalue weighted by Crippen LogP contribution is 2.19. The SMILES string of the molecule is CCCCCCCOc1ccc(C(=O)Oc2ccc(CC(NC(=O)c3ccc(OC)cc3)C(=O)Nc3nn[nH]n3)cc2)cc1. The first kappa shape index (κ1) is 31.7. The number of aromatic amines is 1. The molecule has 1 aromatic heterocycles. The van der Waals surface area contributed by atoms with Crippen LogP contribution in [0.4, 0.5) is 5.95 Å². The summed E-state index contributed by atoms with van der Waals surface area (Å²) in [7, 11) is 1.53. The van der Waals surface area contributed by atoms with E-state index in [9.17, 15) is 14.4 Å². The van der Waals surface area contributed by atoms with Crippen LogP contribution < -0.4 is 24.8 Å². The number of amides is 2. The summed E-state index contributed by atoms with van der Waals surface area (Å²) in [5.41, 5.74) is 1.46. The van der Waals surface area contributed by atoms with Gasteiger partial charge in [0.25, 0.3) is 11.9 Å². The molecule has 1 unspecified atom stereocenters. The van der Waals surface area contributed by atoms with E-state index >= 15 is 0 Å². The van der Waals surface area contributed by atoms with Crippen LogP contribution in [0.5, 0.6) is 17.2 Å². The smallest absolute Gasteiger partial charge is 0.343 e. The Bertz CT molecular complexity index is 1480. The number of nitrogens with one attached hydrogen (secondary N) is 3. The summed E-state index contributed by atoms with van der Waals surface area (Å²) in [5, 5.41) is 18.4. The molecule has 1 atom stereocenters. The van der Waals surface area contributed by atoms with Crippen molar-refractivity contribution in [2.45, 2.75) is 51.5 Å². The van der Waals surface area contributed by atoms with Gasteiger partial charge in [0, 0.05) is 12.0 Å². The fraction of sp³-hybridized carbons (Fsp3) is 0.312. The van der Waals surface area contributed by atoms with Crippen LogP contribution in [-0.4, -0.2) is 58.2 Å². The van der Waals surface area contributed by atoms with E-state index in [1.807, 2.05) is 0 Å². The lowest BCUT2D eigenvalue weighted by atomic mass is 10.0. The molecular weight excluding hydrogens is 564 g/mol. The van der Waals surface area contributed by atoms with Crippen molar-refractivity contribution in [3.8, 4) is 17.2 Å². The quantitative estimate of drug-likeness (QED) is 0.0937. The highest BCUT2D eigenvalue weighted by molar-refractivity contribution is 6.00. The minimum absolute atomic E-state index is 0.0250. The maximum atomic E-state index is 13.0. The second-order valence-electron chi connectivity index (χ2n) is 10.0. The lowest BCUT2D eigenvalue weighted by Gasteiger charge is -2.18. The second-order valence-corrected chi connectivity index (χ2v) is 10.0. The molecule has 4 aromatic rings. The predicted octanol–water partition coefficient (Wildman–Crippen LogP) is 4.76. The number of hydrogen-bond acceptors (Lipinski definition) is 9. The Balaban J connectivity index is 1.34. The zero-order valence-corrected chi connectivity index (χ0v) is 24.7. The monoisotopic (exact) mass is 600 g/mol. The van der Waals surface area contributed by atoms with E-state index in [0.717, 1.165) is 12.8 Å². The predicted molar refractivity (Wildman–Crippen MR) is 163 cm³/mol. The van der Waals surface area contributed by atoms with Gasteiger partial charge in [-0.05, 0) is 77.9 Å². The molecule has 0 aliphatic rings. The number of aromatic nitrogens is 4. The van der Waals surface area contributed by atoms with Crippen molar-refractivity contribution in [3.05, 3.63) is 89.5 Å². The van der Waals surface area contributed by atoms with Crippen LogP contribution >= 0.6 is 0 Å². The average molecular weight is 601 g/mol. The Morgan fingerprint density at radius 3 is 2.14 bits per heavy atom. The standard InChI is InChI=1S/C32H36N6O6/c1-3-4-5-6-7-20-43-26-18-12-24(13-19-26)31(41)44-27-14-8-22(9-15-27)21-28(30(40)34-32-35-37-38-36-32)33-29(39)23-10-16-25(42-2)17-11-23/h8-19,28H,3-7,20-21H2,1-2H3,(H,33,39)(H2,34,35,36,37,38,40). The summed E-state index contributed by atoms with van der Waals surface area (Å²) in [4.78, 5) is 38.7. The van der Waals surface area contributed by atoms with E-state index in [1.165, 1.54) is 26.4 Å². The van der Waals surface area contributed by atoms with Gasteiger partial charge in [0.2, 0.25) is 5.91 Å². The number of rotatable bonds is 16. The van der Waals surface area contributed by atoms with Gasteiger partial charge < -0.3 is 19.5 Å². The number of anilines is 1. The summed E-state index contributed by atoms with van der Waals surface area (Å²) in [6, 6.07) is 19.1. The Kier molecular flexibility index (Phi) is 11.8. The molecule has 0 aliphatic heterocycles. The van der Waals surface area contributed by atoms with E-state index < -0.39 is 23.8 Å². The van der Waals surface area contributed by atoms with Crippen molar-refractivity contribution >= 4 is 23.7 Å². The Labute approximate surface area is 255 Å². The molecule has 3 aromatic carbocycles. The van der Waals surface area contributed by atoms with Gasteiger partial charge in [-0.1, -0.05) is 49.8 Å². The van der Waals surface area contributed by atoms with Crippen molar-refractivity contribution in [1.82, 2.24) is 25.9 Å². The minimum atomic E-state index is -0.978. The Hall–Kier alpha value is -5.26. The number of carbonyl (C=O) groups is 3. The lowest BCUT2D eigenvalue weighted by Crippen LogP contribution is -2.45. The highest BCUT2D eigenvalue weighted by atomic mass is 16.5. The number of carbonyl (C=O) groups excluding carboxylic acids is 3. The average Bonchev–Trinajstić information content (AvgIpc) is 3.56. The number of unbranched alkanes of at least 4 members (excludes halogenated alkanes) is 4. The number of H-pyrrole nitrogens is 1. The zero-order valence-electron chi connectivity index (χ0n) is 24.7. The van der Waals surface area contributed by atoms with Crippen LogP contribution in [0.25, 0.3) is 0 Å². The van der Waals surface area contributed by atoms with Gasteiger partial charge in [-0.2, -0.15) is 5.21 Å². The van der Waals surface area contributed by atoms with Crippen LogP contribution in [0.2, 0.25) is 0 Å². The van der Waals surface area contributed by atoms with Gasteiger partial charge in [-0.3, -0.25) is 14.9 Å². The molecule has 4 rings (SSSR count). The van der Waals surface area contributed by atoms with Crippen LogP contribution in [-0.2, 0) is 11.2 Å². The molecular formula is C32H36N6O6. The molecule has 0 aliphatic carbocycles. The summed E-state index contributed by atoms with van der Waals surface area (Å²) in [6.07, 6.45) is 5.94. The summed E-state index contributed by atoms with van der Waals surface area (Å²) >= 11 is 0. The molecule has 0 fully saturated rings. The van der Waals surface area contributed by atoms with E-state index in [1.54, 1.807) is 72.8 Å². The van der Waals surface area contributed by atoms with Crippen LogP contribution in [0.15, 0.2) is 72.8 Å². The lowest BCUT2D eigenvalue weighted by molar-refractivity contribution is -0.118. The topological polar surface area (TPSA) is 157 Å². The van der Waals surface area contributed by atoms with Gasteiger partial charge in [0.05, 0.1) is 19.3 Å². The maximum Gasteiger partial charge on any atom is 0.343 e. The van der Waals surface area contributed by atoms with E-state index in [-0.39, 0.29) is 12.4 Å². The van der Waals surface area contributed by atoms with Crippen molar-refractivity contribution in [1.29, 1.82) is 0 Å².